The number of carbonyl (C=O) groups excluding carboxylic acids is 2. The van der Waals surface area contributed by atoms with Crippen LogP contribution in [-0.4, -0.2) is 42.3 Å². The normalized spacial score (nSPS) is 21.6. The summed E-state index contributed by atoms with van der Waals surface area (Å²) in [6.07, 6.45) is 1.67. The van der Waals surface area contributed by atoms with E-state index < -0.39 is 11.0 Å². The summed E-state index contributed by atoms with van der Waals surface area (Å²) in [4.78, 5) is 26.2. The van der Waals surface area contributed by atoms with Crippen molar-refractivity contribution in [3.05, 3.63) is 12.2 Å². The zero-order chi connectivity index (χ0) is 17.0. The maximum atomic E-state index is 12.4. The van der Waals surface area contributed by atoms with E-state index in [1.54, 1.807) is 4.90 Å². The number of hydrogen-bond acceptors (Lipinski definition) is 4. The SMILES string of the molecule is C=C(CC)COC(=O)C1(CC)CCN(C(=O)OC(C)(C)C)C1. The first kappa shape index (κ1) is 18.5. The number of likely N-dealkylation sites (tertiary alicyclic amines) is 1. The second-order valence-corrected chi connectivity index (χ2v) is 6.97. The molecule has 0 bridgehead atoms. The van der Waals surface area contributed by atoms with Gasteiger partial charge in [-0.05, 0) is 45.6 Å². The van der Waals surface area contributed by atoms with Crippen molar-refractivity contribution in [2.24, 2.45) is 5.41 Å². The number of hydrogen-bond donors (Lipinski definition) is 0. The van der Waals surface area contributed by atoms with Crippen LogP contribution >= 0.6 is 0 Å². The van der Waals surface area contributed by atoms with E-state index in [0.29, 0.717) is 25.9 Å². The third-order valence-electron chi connectivity index (χ3n) is 4.02. The van der Waals surface area contributed by atoms with Crippen molar-refractivity contribution in [2.75, 3.05) is 19.7 Å². The molecule has 0 aromatic carbocycles. The molecule has 5 heteroatoms. The summed E-state index contributed by atoms with van der Waals surface area (Å²) in [5, 5.41) is 0. The van der Waals surface area contributed by atoms with E-state index in [1.165, 1.54) is 0 Å². The number of esters is 1. The number of carbonyl (C=O) groups is 2. The Hall–Kier alpha value is -1.52. The van der Waals surface area contributed by atoms with Gasteiger partial charge in [0, 0.05) is 13.1 Å². The Kier molecular flexibility index (Phi) is 6.03. The zero-order valence-electron chi connectivity index (χ0n) is 14.5. The molecule has 0 aromatic heterocycles. The number of rotatable bonds is 5. The van der Waals surface area contributed by atoms with Gasteiger partial charge < -0.3 is 14.4 Å². The molecule has 1 fully saturated rings. The Labute approximate surface area is 133 Å². The van der Waals surface area contributed by atoms with Crippen LogP contribution in [0.2, 0.25) is 0 Å². The lowest BCUT2D eigenvalue weighted by Gasteiger charge is -2.27. The minimum Gasteiger partial charge on any atom is -0.461 e. The minimum absolute atomic E-state index is 0.240. The van der Waals surface area contributed by atoms with Gasteiger partial charge in [0.05, 0.1) is 5.41 Å². The molecule has 0 aliphatic carbocycles. The van der Waals surface area contributed by atoms with E-state index >= 15 is 0 Å². The summed E-state index contributed by atoms with van der Waals surface area (Å²) in [6, 6.07) is 0. The second-order valence-electron chi connectivity index (χ2n) is 6.97. The fraction of sp³-hybridized carbons (Fsp3) is 0.765. The predicted octanol–water partition coefficient (Wildman–Crippen LogP) is 3.53. The standard InChI is InChI=1S/C17H29NO4/c1-7-13(3)11-21-14(19)17(8-2)9-10-18(12-17)15(20)22-16(4,5)6/h3,7-12H2,1-2,4-6H3. The summed E-state index contributed by atoms with van der Waals surface area (Å²) in [5.41, 5.74) is -0.264. The van der Waals surface area contributed by atoms with Gasteiger partial charge in [0.1, 0.15) is 12.2 Å². The molecule has 1 heterocycles. The molecule has 0 radical (unpaired) electrons. The molecule has 1 unspecified atom stereocenters. The van der Waals surface area contributed by atoms with Gasteiger partial charge in [-0.15, -0.1) is 0 Å². The van der Waals surface area contributed by atoms with Crippen LogP contribution in [0.15, 0.2) is 12.2 Å². The summed E-state index contributed by atoms with van der Waals surface area (Å²) < 4.78 is 10.8. The third kappa shape index (κ3) is 4.75. The van der Waals surface area contributed by atoms with Crippen molar-refractivity contribution in [3.8, 4) is 0 Å². The zero-order valence-corrected chi connectivity index (χ0v) is 14.5. The fourth-order valence-electron chi connectivity index (χ4n) is 2.38. The highest BCUT2D eigenvalue weighted by molar-refractivity contribution is 5.79. The first-order valence-electron chi connectivity index (χ1n) is 7.95. The lowest BCUT2D eigenvalue weighted by molar-refractivity contribution is -0.154. The molecule has 1 atom stereocenters. The molecule has 1 saturated heterocycles. The largest absolute Gasteiger partial charge is 0.461 e. The van der Waals surface area contributed by atoms with Gasteiger partial charge in [0.15, 0.2) is 0 Å². The maximum Gasteiger partial charge on any atom is 0.410 e. The van der Waals surface area contributed by atoms with Gasteiger partial charge in [0.25, 0.3) is 0 Å². The molecule has 0 spiro atoms. The van der Waals surface area contributed by atoms with Gasteiger partial charge in [-0.2, -0.15) is 0 Å². The molecule has 1 rings (SSSR count). The Morgan fingerprint density at radius 3 is 2.41 bits per heavy atom. The molecule has 0 saturated carbocycles. The van der Waals surface area contributed by atoms with Crippen LogP contribution in [0.25, 0.3) is 0 Å². The summed E-state index contributed by atoms with van der Waals surface area (Å²) >= 11 is 0. The van der Waals surface area contributed by atoms with Crippen molar-refractivity contribution >= 4 is 12.1 Å². The number of ether oxygens (including phenoxy) is 2. The lowest BCUT2D eigenvalue weighted by Crippen LogP contribution is -2.40. The monoisotopic (exact) mass is 311 g/mol. The maximum absolute atomic E-state index is 12.4. The lowest BCUT2D eigenvalue weighted by atomic mass is 9.84. The van der Waals surface area contributed by atoms with E-state index in [0.717, 1.165) is 12.0 Å². The highest BCUT2D eigenvalue weighted by atomic mass is 16.6. The van der Waals surface area contributed by atoms with Crippen LogP contribution in [0.4, 0.5) is 4.79 Å². The molecule has 22 heavy (non-hydrogen) atoms. The van der Waals surface area contributed by atoms with Crippen LogP contribution < -0.4 is 0 Å². The fourth-order valence-corrected chi connectivity index (χ4v) is 2.38. The van der Waals surface area contributed by atoms with E-state index in [9.17, 15) is 9.59 Å². The summed E-state index contributed by atoms with van der Waals surface area (Å²) in [7, 11) is 0. The second kappa shape index (κ2) is 7.16. The van der Waals surface area contributed by atoms with Crippen molar-refractivity contribution in [1.29, 1.82) is 0 Å². The van der Waals surface area contributed by atoms with Gasteiger partial charge in [-0.25, -0.2) is 4.79 Å². The Balaban J connectivity index is 2.67. The van der Waals surface area contributed by atoms with E-state index in [-0.39, 0.29) is 18.7 Å². The first-order chi connectivity index (χ1) is 10.1. The van der Waals surface area contributed by atoms with Crippen molar-refractivity contribution < 1.29 is 19.1 Å². The molecule has 0 aromatic rings. The van der Waals surface area contributed by atoms with Crippen molar-refractivity contribution in [2.45, 2.75) is 59.5 Å². The average Bonchev–Trinajstić information content (AvgIpc) is 2.88. The molecule has 126 valence electrons. The smallest absolute Gasteiger partial charge is 0.410 e. The molecular weight excluding hydrogens is 282 g/mol. The minimum atomic E-state index is -0.620. The molecule has 0 N–H and O–H groups in total. The summed E-state index contributed by atoms with van der Waals surface area (Å²) in [6.45, 7) is 14.4. The van der Waals surface area contributed by atoms with Crippen LogP contribution in [-0.2, 0) is 14.3 Å². The quantitative estimate of drug-likeness (QED) is 0.575. The Morgan fingerprint density at radius 1 is 1.27 bits per heavy atom. The van der Waals surface area contributed by atoms with E-state index in [4.69, 9.17) is 9.47 Å². The van der Waals surface area contributed by atoms with Crippen molar-refractivity contribution in [3.63, 3.8) is 0 Å². The number of amides is 1. The van der Waals surface area contributed by atoms with Crippen LogP contribution in [0, 0.1) is 5.41 Å². The van der Waals surface area contributed by atoms with Crippen LogP contribution in [0.1, 0.15) is 53.9 Å². The third-order valence-corrected chi connectivity index (χ3v) is 4.02. The summed E-state index contributed by atoms with van der Waals surface area (Å²) in [5.74, 6) is -0.240. The van der Waals surface area contributed by atoms with Gasteiger partial charge in [-0.1, -0.05) is 20.4 Å². The topological polar surface area (TPSA) is 55.8 Å². The van der Waals surface area contributed by atoms with Gasteiger partial charge in [-0.3, -0.25) is 4.79 Å². The molecule has 1 amide bonds. The number of nitrogens with zero attached hydrogens (tertiary/aromatic N) is 1. The van der Waals surface area contributed by atoms with E-state index in [1.807, 2.05) is 34.6 Å². The highest BCUT2D eigenvalue weighted by Crippen LogP contribution is 2.36. The van der Waals surface area contributed by atoms with Crippen LogP contribution in [0.3, 0.4) is 0 Å². The Morgan fingerprint density at radius 2 is 1.91 bits per heavy atom. The van der Waals surface area contributed by atoms with Gasteiger partial charge >= 0.3 is 12.1 Å². The highest BCUT2D eigenvalue weighted by Gasteiger charge is 2.46. The predicted molar refractivity (Wildman–Crippen MR) is 85.5 cm³/mol. The average molecular weight is 311 g/mol. The molecular formula is C17H29NO4. The van der Waals surface area contributed by atoms with E-state index in [2.05, 4.69) is 6.58 Å². The Bertz CT molecular complexity index is 438. The first-order valence-corrected chi connectivity index (χ1v) is 7.95. The molecule has 5 nitrogen and oxygen atoms in total. The molecule has 1 aliphatic heterocycles. The van der Waals surface area contributed by atoms with Gasteiger partial charge in [0.2, 0.25) is 0 Å². The van der Waals surface area contributed by atoms with Crippen molar-refractivity contribution in [1.82, 2.24) is 4.90 Å². The van der Waals surface area contributed by atoms with Crippen LogP contribution in [0.5, 0.6) is 0 Å². The molecule has 1 aliphatic rings.